The van der Waals surface area contributed by atoms with Gasteiger partial charge in [-0.25, -0.2) is 4.39 Å². The third kappa shape index (κ3) is 3.01. The fourth-order valence-electron chi connectivity index (χ4n) is 3.97. The summed E-state index contributed by atoms with van der Waals surface area (Å²) >= 11 is 0. The van der Waals surface area contributed by atoms with Gasteiger partial charge in [-0.3, -0.25) is 0 Å². The largest absolute Gasteiger partial charge is 0.341 e. The summed E-state index contributed by atoms with van der Waals surface area (Å²) in [7, 11) is 0. The summed E-state index contributed by atoms with van der Waals surface area (Å²) in [4.78, 5) is 2.41. The van der Waals surface area contributed by atoms with Crippen molar-refractivity contribution in [1.29, 1.82) is 0 Å². The Labute approximate surface area is 155 Å². The quantitative estimate of drug-likeness (QED) is 0.516. The van der Waals surface area contributed by atoms with Crippen molar-refractivity contribution in [3.05, 3.63) is 83.2 Å². The summed E-state index contributed by atoms with van der Waals surface area (Å²) in [6.07, 6.45) is 1.08. The molecule has 0 radical (unpaired) electrons. The maximum atomic E-state index is 14.0. The van der Waals surface area contributed by atoms with Gasteiger partial charge in [-0.2, -0.15) is 0 Å². The van der Waals surface area contributed by atoms with Crippen molar-refractivity contribution in [2.75, 3.05) is 11.4 Å². The summed E-state index contributed by atoms with van der Waals surface area (Å²) in [5, 5.41) is 0. The van der Waals surface area contributed by atoms with Crippen LogP contribution < -0.4 is 4.90 Å². The van der Waals surface area contributed by atoms with E-state index in [1.165, 1.54) is 28.6 Å². The number of anilines is 2. The Hall–Kier alpha value is -2.61. The molecule has 0 N–H and O–H groups in total. The first-order chi connectivity index (χ1) is 12.5. The molecular formula is C24H24FN. The van der Waals surface area contributed by atoms with Crippen LogP contribution in [0.3, 0.4) is 0 Å². The number of benzene rings is 3. The van der Waals surface area contributed by atoms with Crippen molar-refractivity contribution >= 4 is 11.4 Å². The molecule has 132 valence electrons. The Morgan fingerprint density at radius 3 is 2.58 bits per heavy atom. The van der Waals surface area contributed by atoms with E-state index in [0.29, 0.717) is 11.5 Å². The molecule has 1 heterocycles. The zero-order valence-corrected chi connectivity index (χ0v) is 15.6. The molecule has 1 atom stereocenters. The van der Waals surface area contributed by atoms with Gasteiger partial charge >= 0.3 is 0 Å². The summed E-state index contributed by atoms with van der Waals surface area (Å²) in [6, 6.07) is 20.6. The lowest BCUT2D eigenvalue weighted by molar-refractivity contribution is 0.562. The predicted molar refractivity (Wildman–Crippen MR) is 108 cm³/mol. The Morgan fingerprint density at radius 1 is 0.962 bits per heavy atom. The van der Waals surface area contributed by atoms with E-state index in [-0.39, 0.29) is 5.82 Å². The molecule has 4 rings (SSSR count). The van der Waals surface area contributed by atoms with E-state index in [2.05, 4.69) is 61.2 Å². The smallest absolute Gasteiger partial charge is 0.126 e. The number of aryl methyl sites for hydroxylation is 1. The Morgan fingerprint density at radius 2 is 1.77 bits per heavy atom. The summed E-state index contributed by atoms with van der Waals surface area (Å²) in [5.74, 6) is 0.453. The fourth-order valence-corrected chi connectivity index (χ4v) is 3.97. The van der Waals surface area contributed by atoms with E-state index in [4.69, 9.17) is 0 Å². The van der Waals surface area contributed by atoms with Crippen molar-refractivity contribution in [3.8, 4) is 11.1 Å². The van der Waals surface area contributed by atoms with E-state index in [1.54, 1.807) is 6.07 Å². The van der Waals surface area contributed by atoms with Crippen molar-refractivity contribution in [2.45, 2.75) is 27.2 Å². The van der Waals surface area contributed by atoms with Crippen LogP contribution in [0.5, 0.6) is 0 Å². The van der Waals surface area contributed by atoms with E-state index in [0.717, 1.165) is 24.1 Å². The van der Waals surface area contributed by atoms with E-state index in [9.17, 15) is 4.39 Å². The second-order valence-electron chi connectivity index (χ2n) is 7.51. The lowest BCUT2D eigenvalue weighted by atomic mass is 9.90. The summed E-state index contributed by atoms with van der Waals surface area (Å²) in [5.41, 5.74) is 7.85. The van der Waals surface area contributed by atoms with Crippen molar-refractivity contribution in [3.63, 3.8) is 0 Å². The molecule has 0 saturated carbocycles. The lowest BCUT2D eigenvalue weighted by Gasteiger charge is -2.35. The highest BCUT2D eigenvalue weighted by Gasteiger charge is 2.23. The molecule has 1 nitrogen and oxygen atoms in total. The Balaban J connectivity index is 1.84. The number of rotatable bonds is 2. The minimum absolute atomic E-state index is 0.149. The molecule has 0 saturated heterocycles. The molecule has 3 aromatic rings. The molecule has 0 spiro atoms. The zero-order valence-electron chi connectivity index (χ0n) is 15.6. The number of hydrogen-bond acceptors (Lipinski definition) is 1. The van der Waals surface area contributed by atoms with Gasteiger partial charge in [-0.05, 0) is 78.3 Å². The van der Waals surface area contributed by atoms with Gasteiger partial charge in [0.25, 0.3) is 0 Å². The lowest BCUT2D eigenvalue weighted by Crippen LogP contribution is -2.30. The standard InChI is InChI=1S/C24H24FN/c1-16-6-4-7-21(13-16)26-15-17(2)12-20-11-10-19(14-24(20)26)22-8-5-9-23(25)18(22)3/h4-11,13-14,17H,12,15H2,1-3H3/t17-/m1/s1. The third-order valence-electron chi connectivity index (χ3n) is 5.33. The number of halogens is 1. The van der Waals surface area contributed by atoms with Crippen LogP contribution in [0.15, 0.2) is 60.7 Å². The van der Waals surface area contributed by atoms with E-state index in [1.807, 2.05) is 13.0 Å². The molecule has 0 amide bonds. The van der Waals surface area contributed by atoms with Crippen molar-refractivity contribution in [2.24, 2.45) is 5.92 Å². The van der Waals surface area contributed by atoms with Crippen LogP contribution in [0.4, 0.5) is 15.8 Å². The minimum atomic E-state index is -0.149. The second kappa shape index (κ2) is 6.60. The van der Waals surface area contributed by atoms with Gasteiger partial charge in [0.05, 0.1) is 0 Å². The molecule has 0 aromatic heterocycles. The molecular weight excluding hydrogens is 321 g/mol. The van der Waals surface area contributed by atoms with E-state index < -0.39 is 0 Å². The normalized spacial score (nSPS) is 16.5. The van der Waals surface area contributed by atoms with Crippen LogP contribution in [0, 0.1) is 25.6 Å². The van der Waals surface area contributed by atoms with Gasteiger partial charge in [0.2, 0.25) is 0 Å². The molecule has 1 aliphatic rings. The maximum Gasteiger partial charge on any atom is 0.126 e. The SMILES string of the molecule is Cc1cccc(N2C[C@H](C)Cc3ccc(-c4cccc(F)c4C)cc32)c1. The Bertz CT molecular complexity index is 960. The highest BCUT2D eigenvalue weighted by molar-refractivity contribution is 5.77. The van der Waals surface area contributed by atoms with Crippen LogP contribution in [-0.4, -0.2) is 6.54 Å². The highest BCUT2D eigenvalue weighted by atomic mass is 19.1. The van der Waals surface area contributed by atoms with Crippen LogP contribution in [-0.2, 0) is 6.42 Å². The number of nitrogens with zero attached hydrogens (tertiary/aromatic N) is 1. The highest BCUT2D eigenvalue weighted by Crippen LogP contribution is 2.39. The molecule has 0 fully saturated rings. The third-order valence-corrected chi connectivity index (χ3v) is 5.33. The topological polar surface area (TPSA) is 3.24 Å². The molecule has 26 heavy (non-hydrogen) atoms. The van der Waals surface area contributed by atoms with Gasteiger partial charge in [-0.15, -0.1) is 0 Å². The summed E-state index contributed by atoms with van der Waals surface area (Å²) < 4.78 is 14.0. The number of hydrogen-bond donors (Lipinski definition) is 0. The van der Waals surface area contributed by atoms with Gasteiger partial charge in [0.1, 0.15) is 5.82 Å². The number of fused-ring (bicyclic) bond motifs is 1. The minimum Gasteiger partial charge on any atom is -0.341 e. The van der Waals surface area contributed by atoms with Gasteiger partial charge in [-0.1, -0.05) is 43.3 Å². The monoisotopic (exact) mass is 345 g/mol. The fraction of sp³-hybridized carbons (Fsp3) is 0.250. The maximum absolute atomic E-state index is 14.0. The molecule has 2 heteroatoms. The average molecular weight is 345 g/mol. The van der Waals surface area contributed by atoms with Crippen molar-refractivity contribution in [1.82, 2.24) is 0 Å². The first-order valence-electron chi connectivity index (χ1n) is 9.25. The van der Waals surface area contributed by atoms with Gasteiger partial charge < -0.3 is 4.90 Å². The first kappa shape index (κ1) is 16.8. The van der Waals surface area contributed by atoms with E-state index >= 15 is 0 Å². The molecule has 0 unspecified atom stereocenters. The average Bonchev–Trinajstić information content (AvgIpc) is 2.63. The molecule has 0 bridgehead atoms. The van der Waals surface area contributed by atoms with Crippen LogP contribution >= 0.6 is 0 Å². The second-order valence-corrected chi connectivity index (χ2v) is 7.51. The van der Waals surface area contributed by atoms with Crippen LogP contribution in [0.1, 0.15) is 23.6 Å². The Kier molecular flexibility index (Phi) is 4.28. The van der Waals surface area contributed by atoms with Gasteiger partial charge in [0, 0.05) is 17.9 Å². The van der Waals surface area contributed by atoms with Crippen molar-refractivity contribution < 1.29 is 4.39 Å². The van der Waals surface area contributed by atoms with Gasteiger partial charge in [0.15, 0.2) is 0 Å². The first-order valence-corrected chi connectivity index (χ1v) is 9.25. The summed E-state index contributed by atoms with van der Waals surface area (Å²) in [6.45, 7) is 7.28. The molecule has 3 aromatic carbocycles. The van der Waals surface area contributed by atoms with Crippen LogP contribution in [0.25, 0.3) is 11.1 Å². The zero-order chi connectivity index (χ0) is 18.3. The predicted octanol–water partition coefficient (Wildman–Crippen LogP) is 6.44. The molecule has 1 aliphatic heterocycles. The molecule has 0 aliphatic carbocycles. The van der Waals surface area contributed by atoms with Crippen LogP contribution in [0.2, 0.25) is 0 Å².